The van der Waals surface area contributed by atoms with E-state index in [9.17, 15) is 4.79 Å². The lowest BCUT2D eigenvalue weighted by Crippen LogP contribution is -2.21. The molecule has 1 aliphatic rings. The lowest BCUT2D eigenvalue weighted by atomic mass is 10.2. The molecule has 0 fully saturated rings. The second-order valence-corrected chi connectivity index (χ2v) is 3.82. The van der Waals surface area contributed by atoms with Gasteiger partial charge in [-0.25, -0.2) is 9.97 Å². The molecule has 0 saturated carbocycles. The molecule has 0 unspecified atom stereocenters. The van der Waals surface area contributed by atoms with Crippen LogP contribution >= 0.6 is 0 Å². The number of aryl methyl sites for hydroxylation is 1. The maximum atomic E-state index is 11.9. The Balaban J connectivity index is 1.97. The summed E-state index contributed by atoms with van der Waals surface area (Å²) in [6.07, 6.45) is 5.06. The van der Waals surface area contributed by atoms with E-state index in [0.29, 0.717) is 11.7 Å². The van der Waals surface area contributed by atoms with E-state index < -0.39 is 0 Å². The molecule has 1 amide bonds. The highest BCUT2D eigenvalue weighted by Gasteiger charge is 2.28. The molecule has 1 aliphatic heterocycles. The number of carbonyl (C=O) groups excluding carboxylic acids is 1. The molecular formula is C11H10N6O. The van der Waals surface area contributed by atoms with Crippen LogP contribution in [0.15, 0.2) is 35.8 Å². The van der Waals surface area contributed by atoms with E-state index in [-0.39, 0.29) is 12.3 Å². The first-order valence-electron chi connectivity index (χ1n) is 5.41. The Morgan fingerprint density at radius 2 is 2.00 bits per heavy atom. The van der Waals surface area contributed by atoms with E-state index in [4.69, 9.17) is 0 Å². The highest BCUT2D eigenvalue weighted by atomic mass is 16.2. The molecule has 2 aromatic heterocycles. The van der Waals surface area contributed by atoms with Crippen LogP contribution in [0.2, 0.25) is 0 Å². The van der Waals surface area contributed by atoms with Crippen molar-refractivity contribution in [3.63, 3.8) is 0 Å². The fourth-order valence-electron chi connectivity index (χ4n) is 1.79. The van der Waals surface area contributed by atoms with Crippen LogP contribution in [0.25, 0.3) is 0 Å². The maximum Gasteiger partial charge on any atom is 0.256 e. The molecule has 90 valence electrons. The van der Waals surface area contributed by atoms with Crippen molar-refractivity contribution in [1.29, 1.82) is 0 Å². The molecular weight excluding hydrogens is 232 g/mol. The number of anilines is 1. The second kappa shape index (κ2) is 4.02. The third-order valence-electron chi connectivity index (χ3n) is 2.63. The highest BCUT2D eigenvalue weighted by Crippen LogP contribution is 2.18. The summed E-state index contributed by atoms with van der Waals surface area (Å²) < 4.78 is 1.68. The largest absolute Gasteiger partial charge is 0.272 e. The molecule has 7 heteroatoms. The van der Waals surface area contributed by atoms with Crippen molar-refractivity contribution in [2.45, 2.75) is 6.42 Å². The molecule has 0 atom stereocenters. The molecule has 0 aromatic carbocycles. The first kappa shape index (κ1) is 10.6. The van der Waals surface area contributed by atoms with E-state index >= 15 is 0 Å². The summed E-state index contributed by atoms with van der Waals surface area (Å²) in [4.78, 5) is 19.9. The van der Waals surface area contributed by atoms with E-state index in [2.05, 4.69) is 20.2 Å². The van der Waals surface area contributed by atoms with Gasteiger partial charge in [-0.3, -0.25) is 9.48 Å². The average Bonchev–Trinajstić information content (AvgIpc) is 2.96. The first-order chi connectivity index (χ1) is 8.75. The van der Waals surface area contributed by atoms with Gasteiger partial charge in [0, 0.05) is 25.6 Å². The zero-order chi connectivity index (χ0) is 12.5. The molecule has 7 nitrogen and oxygen atoms in total. The Morgan fingerprint density at radius 1 is 1.22 bits per heavy atom. The van der Waals surface area contributed by atoms with Gasteiger partial charge in [0.2, 0.25) is 0 Å². The molecule has 0 bridgehead atoms. The van der Waals surface area contributed by atoms with Crippen molar-refractivity contribution < 1.29 is 4.79 Å². The van der Waals surface area contributed by atoms with Crippen molar-refractivity contribution in [1.82, 2.24) is 19.7 Å². The lowest BCUT2D eigenvalue weighted by molar-refractivity contribution is -0.117. The van der Waals surface area contributed by atoms with Gasteiger partial charge < -0.3 is 0 Å². The van der Waals surface area contributed by atoms with Crippen LogP contribution in [0.5, 0.6) is 0 Å². The van der Waals surface area contributed by atoms with Crippen LogP contribution < -0.4 is 5.01 Å². The smallest absolute Gasteiger partial charge is 0.256 e. The Kier molecular flexibility index (Phi) is 2.36. The normalized spacial score (nSPS) is 15.1. The van der Waals surface area contributed by atoms with Gasteiger partial charge >= 0.3 is 0 Å². The Labute approximate surface area is 103 Å². The number of amides is 1. The third kappa shape index (κ3) is 1.65. The molecule has 0 spiro atoms. The average molecular weight is 242 g/mol. The summed E-state index contributed by atoms with van der Waals surface area (Å²) >= 11 is 0. The zero-order valence-electron chi connectivity index (χ0n) is 9.69. The minimum atomic E-state index is -0.141. The summed E-state index contributed by atoms with van der Waals surface area (Å²) in [5.74, 6) is 0.150. The summed E-state index contributed by atoms with van der Waals surface area (Å²) in [6.45, 7) is 0. The number of rotatable bonds is 2. The van der Waals surface area contributed by atoms with Crippen molar-refractivity contribution in [2.75, 3.05) is 5.01 Å². The van der Waals surface area contributed by atoms with Crippen LogP contribution in [0.3, 0.4) is 0 Å². The summed E-state index contributed by atoms with van der Waals surface area (Å²) in [6, 6.07) is 3.51. The van der Waals surface area contributed by atoms with E-state index in [1.807, 2.05) is 13.1 Å². The van der Waals surface area contributed by atoms with Gasteiger partial charge in [0.25, 0.3) is 11.9 Å². The number of carbonyl (C=O) groups is 1. The fraction of sp³-hybridized carbons (Fsp3) is 0.182. The molecule has 0 saturated heterocycles. The van der Waals surface area contributed by atoms with Gasteiger partial charge in [-0.15, -0.1) is 0 Å². The lowest BCUT2D eigenvalue weighted by Gasteiger charge is -2.07. The van der Waals surface area contributed by atoms with Crippen LogP contribution in [0.1, 0.15) is 12.1 Å². The van der Waals surface area contributed by atoms with Crippen LogP contribution in [-0.4, -0.2) is 31.4 Å². The second-order valence-electron chi connectivity index (χ2n) is 3.82. The molecule has 2 aromatic rings. The van der Waals surface area contributed by atoms with Gasteiger partial charge in [-0.05, 0) is 12.1 Å². The van der Waals surface area contributed by atoms with Crippen molar-refractivity contribution in [2.24, 2.45) is 12.1 Å². The number of nitrogens with zero attached hydrogens (tertiary/aromatic N) is 6. The number of hydrogen-bond donors (Lipinski definition) is 0. The van der Waals surface area contributed by atoms with Crippen molar-refractivity contribution in [3.05, 3.63) is 36.4 Å². The van der Waals surface area contributed by atoms with Gasteiger partial charge in [0.1, 0.15) is 0 Å². The van der Waals surface area contributed by atoms with E-state index in [1.54, 1.807) is 29.3 Å². The third-order valence-corrected chi connectivity index (χ3v) is 2.63. The Hall–Kier alpha value is -2.57. The van der Waals surface area contributed by atoms with Crippen LogP contribution in [-0.2, 0) is 11.8 Å². The van der Waals surface area contributed by atoms with Crippen LogP contribution in [0.4, 0.5) is 5.95 Å². The molecule has 3 heterocycles. The first-order valence-corrected chi connectivity index (χ1v) is 5.41. The van der Waals surface area contributed by atoms with Crippen molar-refractivity contribution in [3.8, 4) is 0 Å². The fourth-order valence-corrected chi connectivity index (χ4v) is 1.79. The number of hydrazone groups is 1. The van der Waals surface area contributed by atoms with E-state index in [0.717, 1.165) is 5.69 Å². The molecule has 3 rings (SSSR count). The minimum absolute atomic E-state index is 0.141. The standard InChI is InChI=1S/C11H10N6O/c1-16-9(3-6-14-16)8-7-10(18)17(15-8)11-12-4-2-5-13-11/h2-6H,7H2,1H3. The quantitative estimate of drug-likeness (QED) is 0.761. The minimum Gasteiger partial charge on any atom is -0.272 e. The highest BCUT2D eigenvalue weighted by molar-refractivity contribution is 6.18. The predicted octanol–water partition coefficient (Wildman–Crippen LogP) is 0.351. The molecule has 0 aliphatic carbocycles. The predicted molar refractivity (Wildman–Crippen MR) is 63.9 cm³/mol. The SMILES string of the molecule is Cn1nccc1C1=NN(c2ncccn2)C(=O)C1. The zero-order valence-corrected chi connectivity index (χ0v) is 9.69. The summed E-state index contributed by atoms with van der Waals surface area (Å²) in [7, 11) is 1.81. The van der Waals surface area contributed by atoms with E-state index in [1.165, 1.54) is 5.01 Å². The van der Waals surface area contributed by atoms with Crippen LogP contribution in [0, 0.1) is 0 Å². The van der Waals surface area contributed by atoms with Gasteiger partial charge in [-0.2, -0.15) is 15.2 Å². The Bertz CT molecular complexity index is 617. The summed E-state index contributed by atoms with van der Waals surface area (Å²) in [5.41, 5.74) is 1.49. The number of aromatic nitrogens is 4. The molecule has 0 N–H and O–H groups in total. The van der Waals surface area contributed by atoms with Crippen molar-refractivity contribution >= 4 is 17.6 Å². The van der Waals surface area contributed by atoms with Gasteiger partial charge in [-0.1, -0.05) is 0 Å². The maximum absolute atomic E-state index is 11.9. The molecule has 18 heavy (non-hydrogen) atoms. The topological polar surface area (TPSA) is 76.3 Å². The monoisotopic (exact) mass is 242 g/mol. The van der Waals surface area contributed by atoms with Gasteiger partial charge in [0.15, 0.2) is 0 Å². The summed E-state index contributed by atoms with van der Waals surface area (Å²) in [5, 5.41) is 9.54. The number of hydrogen-bond acceptors (Lipinski definition) is 5. The van der Waals surface area contributed by atoms with Gasteiger partial charge in [0.05, 0.1) is 17.8 Å². The molecule has 0 radical (unpaired) electrons. The Morgan fingerprint density at radius 3 is 2.67 bits per heavy atom.